The zero-order chi connectivity index (χ0) is 20.3. The highest BCUT2D eigenvalue weighted by atomic mass is 32.1. The summed E-state index contributed by atoms with van der Waals surface area (Å²) < 4.78 is 6.36. The molecule has 0 saturated carbocycles. The summed E-state index contributed by atoms with van der Waals surface area (Å²) in [6, 6.07) is 11.2. The summed E-state index contributed by atoms with van der Waals surface area (Å²) in [5, 5.41) is 8.27. The van der Waals surface area contributed by atoms with Crippen molar-refractivity contribution in [3.8, 4) is 11.1 Å². The molecule has 0 spiro atoms. The third-order valence-corrected chi connectivity index (χ3v) is 5.82. The lowest BCUT2D eigenvalue weighted by atomic mass is 10.1. The van der Waals surface area contributed by atoms with Gasteiger partial charge >= 0.3 is 0 Å². The second kappa shape index (κ2) is 8.13. The average molecular weight is 418 g/mol. The van der Waals surface area contributed by atoms with E-state index in [4.69, 9.17) is 9.72 Å². The standard InChI is InChI=1S/C21H18N6O2S/c28-26-15-3-1-2-14(10-15)17-13-30-18-12-23-21(25-20(17)18)24-16-4-5-19(22-11-16)27-6-8-29-9-7-27/h1-5,10-13H,6-9H2,(H,23,24,25). The van der Waals surface area contributed by atoms with Gasteiger partial charge in [0.1, 0.15) is 11.5 Å². The molecule has 0 atom stereocenters. The zero-order valence-electron chi connectivity index (χ0n) is 16.0. The number of hydrogen-bond donors (Lipinski definition) is 1. The summed E-state index contributed by atoms with van der Waals surface area (Å²) in [7, 11) is 0. The van der Waals surface area contributed by atoms with Gasteiger partial charge in [-0.15, -0.1) is 16.2 Å². The molecule has 150 valence electrons. The highest BCUT2D eigenvalue weighted by Gasteiger charge is 2.13. The molecule has 30 heavy (non-hydrogen) atoms. The van der Waals surface area contributed by atoms with Crippen molar-refractivity contribution in [3.05, 3.63) is 59.1 Å². The third kappa shape index (κ3) is 3.72. The topological polar surface area (TPSA) is 92.6 Å². The lowest BCUT2D eigenvalue weighted by Gasteiger charge is -2.27. The van der Waals surface area contributed by atoms with Crippen molar-refractivity contribution in [2.75, 3.05) is 36.5 Å². The smallest absolute Gasteiger partial charge is 0.227 e. The summed E-state index contributed by atoms with van der Waals surface area (Å²) in [6.07, 6.45) is 3.59. The fraction of sp³-hybridized carbons (Fsp3) is 0.190. The van der Waals surface area contributed by atoms with Crippen LogP contribution in [0.1, 0.15) is 0 Å². The van der Waals surface area contributed by atoms with Crippen LogP contribution >= 0.6 is 11.3 Å². The molecule has 3 aromatic heterocycles. The number of fused-ring (bicyclic) bond motifs is 1. The molecule has 0 bridgehead atoms. The van der Waals surface area contributed by atoms with E-state index in [1.54, 1.807) is 35.9 Å². The van der Waals surface area contributed by atoms with Crippen LogP contribution in [0.3, 0.4) is 0 Å². The Bertz CT molecular complexity index is 1190. The first-order valence-electron chi connectivity index (χ1n) is 9.54. The fourth-order valence-electron chi connectivity index (χ4n) is 3.39. The maximum atomic E-state index is 10.9. The molecule has 0 amide bonds. The van der Waals surface area contributed by atoms with Gasteiger partial charge in [-0.2, -0.15) is 0 Å². The molecule has 1 aromatic carbocycles. The number of nitroso groups, excluding NO2 is 1. The van der Waals surface area contributed by atoms with Crippen LogP contribution in [0.25, 0.3) is 21.3 Å². The number of morpholine rings is 1. The minimum absolute atomic E-state index is 0.394. The van der Waals surface area contributed by atoms with E-state index in [2.05, 4.69) is 25.4 Å². The predicted octanol–water partition coefficient (Wildman–Crippen LogP) is 4.73. The van der Waals surface area contributed by atoms with E-state index >= 15 is 0 Å². The lowest BCUT2D eigenvalue weighted by Crippen LogP contribution is -2.36. The van der Waals surface area contributed by atoms with E-state index in [0.717, 1.165) is 59.2 Å². The highest BCUT2D eigenvalue weighted by molar-refractivity contribution is 7.17. The Kier molecular flexibility index (Phi) is 5.04. The van der Waals surface area contributed by atoms with E-state index in [9.17, 15) is 4.91 Å². The van der Waals surface area contributed by atoms with Crippen molar-refractivity contribution < 1.29 is 4.74 Å². The Labute approximate surface area is 176 Å². The van der Waals surface area contributed by atoms with Crippen LogP contribution in [0.2, 0.25) is 0 Å². The van der Waals surface area contributed by atoms with E-state index < -0.39 is 0 Å². The Hall–Kier alpha value is -3.43. The predicted molar refractivity (Wildman–Crippen MR) is 119 cm³/mol. The van der Waals surface area contributed by atoms with E-state index in [0.29, 0.717) is 11.6 Å². The molecule has 1 saturated heterocycles. The number of hydrogen-bond acceptors (Lipinski definition) is 9. The summed E-state index contributed by atoms with van der Waals surface area (Å²) in [4.78, 5) is 26.7. The van der Waals surface area contributed by atoms with Gasteiger partial charge < -0.3 is 15.0 Å². The van der Waals surface area contributed by atoms with Crippen molar-refractivity contribution in [2.45, 2.75) is 0 Å². The Morgan fingerprint density at radius 1 is 1.10 bits per heavy atom. The normalized spacial score (nSPS) is 14.1. The van der Waals surface area contributed by atoms with Crippen LogP contribution in [0, 0.1) is 4.91 Å². The van der Waals surface area contributed by atoms with E-state index in [1.807, 2.05) is 29.6 Å². The van der Waals surface area contributed by atoms with Crippen LogP contribution < -0.4 is 10.2 Å². The summed E-state index contributed by atoms with van der Waals surface area (Å²) >= 11 is 1.57. The van der Waals surface area contributed by atoms with Crippen LogP contribution in [-0.4, -0.2) is 41.3 Å². The summed E-state index contributed by atoms with van der Waals surface area (Å²) in [5.74, 6) is 1.43. The van der Waals surface area contributed by atoms with Gasteiger partial charge in [0.05, 0.1) is 41.5 Å². The van der Waals surface area contributed by atoms with E-state index in [-0.39, 0.29) is 0 Å². The maximum absolute atomic E-state index is 10.9. The van der Waals surface area contributed by atoms with Gasteiger partial charge in [-0.1, -0.05) is 12.1 Å². The molecule has 1 fully saturated rings. The minimum atomic E-state index is 0.394. The first-order valence-corrected chi connectivity index (χ1v) is 10.4. The van der Waals surface area contributed by atoms with Gasteiger partial charge in [-0.05, 0) is 35.0 Å². The molecule has 9 heteroatoms. The first-order chi connectivity index (χ1) is 14.8. The highest BCUT2D eigenvalue weighted by Crippen LogP contribution is 2.34. The van der Waals surface area contributed by atoms with Gasteiger partial charge in [0.25, 0.3) is 0 Å². The molecule has 8 nitrogen and oxygen atoms in total. The van der Waals surface area contributed by atoms with Crippen LogP contribution in [0.5, 0.6) is 0 Å². The van der Waals surface area contributed by atoms with Gasteiger partial charge in [0.15, 0.2) is 0 Å². The molecule has 4 aromatic rings. The summed E-state index contributed by atoms with van der Waals surface area (Å²) in [5.41, 5.74) is 3.89. The fourth-order valence-corrected chi connectivity index (χ4v) is 4.27. The molecule has 1 aliphatic heterocycles. The number of pyridine rings is 1. The number of nitrogens with zero attached hydrogens (tertiary/aromatic N) is 5. The average Bonchev–Trinajstić information content (AvgIpc) is 3.23. The molecular formula is C21H18N6O2S. The van der Waals surface area contributed by atoms with Crippen molar-refractivity contribution in [1.82, 2.24) is 15.0 Å². The number of thiophene rings is 1. The maximum Gasteiger partial charge on any atom is 0.227 e. The number of aromatic nitrogens is 3. The number of benzene rings is 1. The molecule has 0 radical (unpaired) electrons. The van der Waals surface area contributed by atoms with Crippen LogP contribution in [-0.2, 0) is 4.74 Å². The van der Waals surface area contributed by atoms with Gasteiger partial charge in [0.2, 0.25) is 5.95 Å². The molecular weight excluding hydrogens is 400 g/mol. The van der Waals surface area contributed by atoms with Crippen molar-refractivity contribution in [2.24, 2.45) is 5.18 Å². The van der Waals surface area contributed by atoms with Crippen LogP contribution in [0.15, 0.2) is 59.3 Å². The molecule has 0 aliphatic carbocycles. The first kappa shape index (κ1) is 18.6. The Morgan fingerprint density at radius 2 is 2.00 bits per heavy atom. The third-order valence-electron chi connectivity index (χ3n) is 4.92. The SMILES string of the molecule is O=Nc1cccc(-c2csc3cnc(Nc4ccc(N5CCOCC5)nc4)nc23)c1. The number of nitrogens with one attached hydrogen (secondary N) is 1. The number of ether oxygens (including phenoxy) is 1. The molecule has 1 N–H and O–H groups in total. The monoisotopic (exact) mass is 418 g/mol. The molecule has 4 heterocycles. The van der Waals surface area contributed by atoms with Gasteiger partial charge in [-0.25, -0.2) is 15.0 Å². The van der Waals surface area contributed by atoms with Crippen LogP contribution in [0.4, 0.5) is 23.1 Å². The summed E-state index contributed by atoms with van der Waals surface area (Å²) in [6.45, 7) is 3.15. The number of anilines is 3. The molecule has 0 unspecified atom stereocenters. The lowest BCUT2D eigenvalue weighted by molar-refractivity contribution is 0.122. The largest absolute Gasteiger partial charge is 0.378 e. The number of rotatable bonds is 5. The zero-order valence-corrected chi connectivity index (χ0v) is 16.8. The van der Waals surface area contributed by atoms with Crippen molar-refractivity contribution >= 4 is 44.7 Å². The second-order valence-electron chi connectivity index (χ2n) is 6.83. The minimum Gasteiger partial charge on any atom is -0.378 e. The van der Waals surface area contributed by atoms with Crippen molar-refractivity contribution in [3.63, 3.8) is 0 Å². The quantitative estimate of drug-likeness (QED) is 0.468. The second-order valence-corrected chi connectivity index (χ2v) is 7.74. The Morgan fingerprint density at radius 3 is 2.80 bits per heavy atom. The Balaban J connectivity index is 1.40. The molecule has 5 rings (SSSR count). The van der Waals surface area contributed by atoms with Gasteiger partial charge in [0, 0.05) is 24.0 Å². The van der Waals surface area contributed by atoms with Crippen molar-refractivity contribution in [1.29, 1.82) is 0 Å². The molecule has 1 aliphatic rings. The van der Waals surface area contributed by atoms with E-state index in [1.165, 1.54) is 0 Å². The van der Waals surface area contributed by atoms with Gasteiger partial charge in [-0.3, -0.25) is 0 Å².